The van der Waals surface area contributed by atoms with E-state index >= 15 is 0 Å². The van der Waals surface area contributed by atoms with Gasteiger partial charge in [-0.2, -0.15) is 0 Å². The summed E-state index contributed by atoms with van der Waals surface area (Å²) in [7, 11) is 0. The molecule has 2 heteroatoms. The molecule has 1 unspecified atom stereocenters. The summed E-state index contributed by atoms with van der Waals surface area (Å²) in [6.45, 7) is 8.96. The van der Waals surface area contributed by atoms with Crippen molar-refractivity contribution >= 4 is 5.78 Å². The van der Waals surface area contributed by atoms with Gasteiger partial charge in [0.05, 0.1) is 6.61 Å². The second kappa shape index (κ2) is 5.56. The van der Waals surface area contributed by atoms with Crippen molar-refractivity contribution in [3.8, 4) is 0 Å². The smallest absolute Gasteiger partial charge is 0.139 e. The van der Waals surface area contributed by atoms with Crippen molar-refractivity contribution in [2.75, 3.05) is 6.61 Å². The van der Waals surface area contributed by atoms with E-state index in [9.17, 15) is 9.90 Å². The number of hydrogen-bond acceptors (Lipinski definition) is 2. The topological polar surface area (TPSA) is 37.3 Å². The number of carbonyl (C=O) groups is 1. The summed E-state index contributed by atoms with van der Waals surface area (Å²) in [6.07, 6.45) is 10.7. The van der Waals surface area contributed by atoms with Crippen molar-refractivity contribution in [3.05, 3.63) is 23.8 Å². The Morgan fingerprint density at radius 1 is 1.29 bits per heavy atom. The number of rotatable bonds is 2. The van der Waals surface area contributed by atoms with Crippen LogP contribution in [0.5, 0.6) is 0 Å². The van der Waals surface area contributed by atoms with E-state index < -0.39 is 0 Å². The molecule has 2 nitrogen and oxygen atoms in total. The van der Waals surface area contributed by atoms with E-state index in [0.29, 0.717) is 29.5 Å². The van der Waals surface area contributed by atoms with Crippen LogP contribution in [0, 0.1) is 34.5 Å². The van der Waals surface area contributed by atoms with Gasteiger partial charge in [0, 0.05) is 17.3 Å². The maximum atomic E-state index is 12.8. The summed E-state index contributed by atoms with van der Waals surface area (Å²) >= 11 is 0. The molecule has 1 N–H and O–H groups in total. The Labute approximate surface area is 146 Å². The van der Waals surface area contributed by atoms with Gasteiger partial charge in [-0.05, 0) is 62.2 Å². The Hall–Kier alpha value is -0.890. The van der Waals surface area contributed by atoms with Crippen molar-refractivity contribution in [3.63, 3.8) is 0 Å². The minimum absolute atomic E-state index is 0.0185. The number of hydrogen-bond donors (Lipinski definition) is 1. The Balaban J connectivity index is 1.75. The highest BCUT2D eigenvalue weighted by Crippen LogP contribution is 2.66. The Morgan fingerprint density at radius 3 is 2.79 bits per heavy atom. The number of aliphatic hydroxyl groups excluding tert-OH is 1. The van der Waals surface area contributed by atoms with Crippen molar-refractivity contribution < 1.29 is 9.90 Å². The van der Waals surface area contributed by atoms with Gasteiger partial charge in [-0.1, -0.05) is 44.1 Å². The fourth-order valence-corrected chi connectivity index (χ4v) is 7.19. The van der Waals surface area contributed by atoms with Gasteiger partial charge in [0.2, 0.25) is 0 Å². The fraction of sp³-hybridized carbons (Fsp3) is 0.773. The largest absolute Gasteiger partial charge is 0.395 e. The molecule has 0 spiro atoms. The van der Waals surface area contributed by atoms with Crippen LogP contribution in [0.1, 0.15) is 65.2 Å². The molecule has 0 saturated heterocycles. The lowest BCUT2D eigenvalue weighted by Gasteiger charge is -2.58. The minimum Gasteiger partial charge on any atom is -0.395 e. The van der Waals surface area contributed by atoms with Crippen LogP contribution in [0.2, 0.25) is 0 Å². The van der Waals surface area contributed by atoms with E-state index in [2.05, 4.69) is 26.5 Å². The molecule has 3 saturated carbocycles. The third-order valence-electron chi connectivity index (χ3n) is 8.45. The van der Waals surface area contributed by atoms with Gasteiger partial charge < -0.3 is 5.11 Å². The lowest BCUT2D eigenvalue weighted by molar-refractivity contribution is -0.134. The van der Waals surface area contributed by atoms with Crippen LogP contribution in [0.15, 0.2) is 23.8 Å². The molecule has 0 aromatic heterocycles. The Morgan fingerprint density at radius 2 is 2.08 bits per heavy atom. The molecule has 0 aromatic rings. The van der Waals surface area contributed by atoms with Gasteiger partial charge in [0.1, 0.15) is 5.78 Å². The lowest BCUT2D eigenvalue weighted by Crippen LogP contribution is -2.53. The molecule has 4 aliphatic rings. The van der Waals surface area contributed by atoms with Gasteiger partial charge in [-0.25, -0.2) is 0 Å². The second-order valence-electron chi connectivity index (χ2n) is 9.23. The first kappa shape index (κ1) is 16.6. The summed E-state index contributed by atoms with van der Waals surface area (Å²) in [6, 6.07) is 0. The summed E-state index contributed by atoms with van der Waals surface area (Å²) in [4.78, 5) is 12.8. The van der Waals surface area contributed by atoms with Gasteiger partial charge in [0.25, 0.3) is 0 Å². The highest BCUT2D eigenvalue weighted by atomic mass is 16.3. The zero-order valence-corrected chi connectivity index (χ0v) is 15.3. The monoisotopic (exact) mass is 328 g/mol. The molecule has 0 heterocycles. The van der Waals surface area contributed by atoms with E-state index in [4.69, 9.17) is 0 Å². The number of ketones is 1. The highest BCUT2D eigenvalue weighted by Gasteiger charge is 2.62. The van der Waals surface area contributed by atoms with Crippen LogP contribution in [0.4, 0.5) is 0 Å². The molecular formula is C22H32O2. The molecular weight excluding hydrogens is 296 g/mol. The first-order valence-electron chi connectivity index (χ1n) is 9.99. The SMILES string of the molecule is C=C1C=C2CC[C@@H]3[C@H](CC[C@]4(C)C(=O)CC(CC)[C@@H]34)[C@@]2(CO)CC1. The van der Waals surface area contributed by atoms with Crippen molar-refractivity contribution in [2.24, 2.45) is 34.5 Å². The summed E-state index contributed by atoms with van der Waals surface area (Å²) in [5.41, 5.74) is 2.59. The standard InChI is InChI=1S/C22H32O2/c1-4-15-12-19(24)21(3)9-8-18-17(20(15)21)6-5-16-11-14(2)7-10-22(16,18)13-23/h11,15,17-18,20,23H,2,4-10,12-13H2,1,3H3/t15?,17-,18+,20+,21-,22-/m1/s1. The number of Topliss-reactive ketones (excluding diaryl/α,β-unsaturated/α-hetero) is 1. The zero-order chi connectivity index (χ0) is 17.1. The summed E-state index contributed by atoms with van der Waals surface area (Å²) in [5.74, 6) is 2.82. The molecule has 0 bridgehead atoms. The predicted octanol–water partition coefficient (Wildman–Crippen LogP) is 4.68. The number of carbonyl (C=O) groups excluding carboxylic acids is 1. The normalized spacial score (nSPS) is 47.7. The first-order valence-corrected chi connectivity index (χ1v) is 9.99. The summed E-state index contributed by atoms with van der Waals surface area (Å²) < 4.78 is 0. The Bertz CT molecular complexity index is 603. The molecule has 4 rings (SSSR count). The van der Waals surface area contributed by atoms with Crippen molar-refractivity contribution in [1.29, 1.82) is 0 Å². The van der Waals surface area contributed by atoms with E-state index in [0.717, 1.165) is 44.9 Å². The molecule has 0 amide bonds. The molecule has 0 aliphatic heterocycles. The molecule has 3 fully saturated rings. The number of fused-ring (bicyclic) bond motifs is 5. The first-order chi connectivity index (χ1) is 11.5. The summed E-state index contributed by atoms with van der Waals surface area (Å²) in [5, 5.41) is 10.4. The third-order valence-corrected chi connectivity index (χ3v) is 8.45. The quantitative estimate of drug-likeness (QED) is 0.799. The fourth-order valence-electron chi connectivity index (χ4n) is 7.19. The van der Waals surface area contributed by atoms with Gasteiger partial charge in [-0.3, -0.25) is 4.79 Å². The van der Waals surface area contributed by atoms with E-state index in [1.54, 1.807) is 0 Å². The predicted molar refractivity (Wildman–Crippen MR) is 96.4 cm³/mol. The zero-order valence-electron chi connectivity index (χ0n) is 15.3. The minimum atomic E-state index is -0.0853. The molecule has 132 valence electrons. The maximum Gasteiger partial charge on any atom is 0.139 e. The molecule has 0 aromatic carbocycles. The van der Waals surface area contributed by atoms with Crippen LogP contribution in [-0.4, -0.2) is 17.5 Å². The number of aliphatic hydroxyl groups is 1. The van der Waals surface area contributed by atoms with Gasteiger partial charge >= 0.3 is 0 Å². The molecule has 4 aliphatic carbocycles. The average molecular weight is 328 g/mol. The third kappa shape index (κ3) is 2.01. The average Bonchev–Trinajstić information content (AvgIpc) is 2.85. The van der Waals surface area contributed by atoms with Crippen LogP contribution < -0.4 is 0 Å². The van der Waals surface area contributed by atoms with Crippen LogP contribution in [-0.2, 0) is 4.79 Å². The van der Waals surface area contributed by atoms with Crippen molar-refractivity contribution in [1.82, 2.24) is 0 Å². The second-order valence-corrected chi connectivity index (χ2v) is 9.23. The van der Waals surface area contributed by atoms with E-state index in [1.807, 2.05) is 0 Å². The van der Waals surface area contributed by atoms with E-state index in [-0.39, 0.29) is 17.4 Å². The maximum absolute atomic E-state index is 12.8. The van der Waals surface area contributed by atoms with Crippen LogP contribution in [0.25, 0.3) is 0 Å². The molecule has 0 radical (unpaired) electrons. The van der Waals surface area contributed by atoms with Crippen LogP contribution >= 0.6 is 0 Å². The van der Waals surface area contributed by atoms with Gasteiger partial charge in [-0.15, -0.1) is 0 Å². The van der Waals surface area contributed by atoms with Crippen molar-refractivity contribution in [2.45, 2.75) is 65.2 Å². The van der Waals surface area contributed by atoms with E-state index in [1.165, 1.54) is 17.6 Å². The Kier molecular flexibility index (Phi) is 3.84. The van der Waals surface area contributed by atoms with Gasteiger partial charge in [0.15, 0.2) is 0 Å². The molecule has 24 heavy (non-hydrogen) atoms. The molecule has 6 atom stereocenters. The van der Waals surface area contributed by atoms with Crippen LogP contribution in [0.3, 0.4) is 0 Å². The number of allylic oxidation sites excluding steroid dienone is 2. The lowest BCUT2D eigenvalue weighted by atomic mass is 9.46. The highest BCUT2D eigenvalue weighted by molar-refractivity contribution is 5.87.